The van der Waals surface area contributed by atoms with Gasteiger partial charge in [-0.2, -0.15) is 10.4 Å². The molecule has 0 atom stereocenters. The fourth-order valence-electron chi connectivity index (χ4n) is 2.13. The molecule has 0 bridgehead atoms. The molecule has 1 aromatic carbocycles. The molecule has 0 aliphatic heterocycles. The lowest BCUT2D eigenvalue weighted by Crippen LogP contribution is -2.03. The van der Waals surface area contributed by atoms with Crippen molar-refractivity contribution in [3.8, 4) is 6.07 Å². The van der Waals surface area contributed by atoms with Gasteiger partial charge in [0, 0.05) is 11.9 Å². The number of nitriles is 1. The van der Waals surface area contributed by atoms with Crippen LogP contribution in [-0.4, -0.2) is 24.5 Å². The van der Waals surface area contributed by atoms with Crippen molar-refractivity contribution >= 4 is 10.9 Å². The molecule has 0 unspecified atom stereocenters. The molecule has 19 heavy (non-hydrogen) atoms. The second kappa shape index (κ2) is 4.53. The van der Waals surface area contributed by atoms with Gasteiger partial charge >= 0.3 is 0 Å². The van der Waals surface area contributed by atoms with E-state index in [1.165, 1.54) is 0 Å². The SMILES string of the molecule is CCn1nc(Cn2cnc(C#N)n2)c2ccccc21. The third kappa shape index (κ3) is 1.95. The Kier molecular flexibility index (Phi) is 2.72. The predicted octanol–water partition coefficient (Wildman–Crippen LogP) is 1.57. The minimum atomic E-state index is 0.180. The maximum absolute atomic E-state index is 8.72. The zero-order valence-corrected chi connectivity index (χ0v) is 10.5. The van der Waals surface area contributed by atoms with E-state index in [2.05, 4.69) is 28.2 Å². The standard InChI is InChI=1S/C13H12N6/c1-2-19-12-6-4-3-5-10(12)11(16-19)8-18-9-15-13(7-14)17-18/h3-6,9H,2,8H2,1H3. The number of fused-ring (bicyclic) bond motifs is 1. The van der Waals surface area contributed by atoms with E-state index in [1.807, 2.05) is 29.0 Å². The summed E-state index contributed by atoms with van der Waals surface area (Å²) in [5.74, 6) is 0.180. The molecular formula is C13H12N6. The summed E-state index contributed by atoms with van der Waals surface area (Å²) in [7, 11) is 0. The molecule has 6 heteroatoms. The summed E-state index contributed by atoms with van der Waals surface area (Å²) in [4.78, 5) is 3.89. The van der Waals surface area contributed by atoms with Crippen molar-refractivity contribution in [3.05, 3.63) is 42.1 Å². The van der Waals surface area contributed by atoms with E-state index in [0.717, 1.165) is 23.1 Å². The van der Waals surface area contributed by atoms with Crippen LogP contribution in [0.5, 0.6) is 0 Å². The van der Waals surface area contributed by atoms with Crippen LogP contribution in [0.4, 0.5) is 0 Å². The van der Waals surface area contributed by atoms with Gasteiger partial charge in [-0.05, 0) is 13.0 Å². The minimum absolute atomic E-state index is 0.180. The van der Waals surface area contributed by atoms with E-state index < -0.39 is 0 Å². The summed E-state index contributed by atoms with van der Waals surface area (Å²) < 4.78 is 3.60. The van der Waals surface area contributed by atoms with Gasteiger partial charge in [-0.1, -0.05) is 18.2 Å². The van der Waals surface area contributed by atoms with Gasteiger partial charge in [-0.15, -0.1) is 5.10 Å². The summed E-state index contributed by atoms with van der Waals surface area (Å²) >= 11 is 0. The lowest BCUT2D eigenvalue weighted by atomic mass is 10.2. The number of para-hydroxylation sites is 1. The molecule has 3 rings (SSSR count). The Morgan fingerprint density at radius 1 is 1.26 bits per heavy atom. The maximum atomic E-state index is 8.72. The maximum Gasteiger partial charge on any atom is 0.252 e. The Labute approximate surface area is 109 Å². The Hall–Kier alpha value is -2.68. The highest BCUT2D eigenvalue weighted by Gasteiger charge is 2.10. The number of aryl methyl sites for hydroxylation is 1. The van der Waals surface area contributed by atoms with Crippen LogP contribution in [0.15, 0.2) is 30.6 Å². The first kappa shape index (κ1) is 11.4. The fraction of sp³-hybridized carbons (Fsp3) is 0.231. The zero-order chi connectivity index (χ0) is 13.2. The smallest absolute Gasteiger partial charge is 0.252 e. The monoisotopic (exact) mass is 252 g/mol. The summed E-state index contributed by atoms with van der Waals surface area (Å²) in [5.41, 5.74) is 2.05. The number of nitrogens with zero attached hydrogens (tertiary/aromatic N) is 6. The van der Waals surface area contributed by atoms with Crippen LogP contribution in [-0.2, 0) is 13.1 Å². The summed E-state index contributed by atoms with van der Waals surface area (Å²) in [6.07, 6.45) is 1.55. The van der Waals surface area contributed by atoms with Crippen molar-refractivity contribution in [1.82, 2.24) is 24.5 Å². The molecule has 0 spiro atoms. The molecule has 2 aromatic heterocycles. The van der Waals surface area contributed by atoms with Crippen LogP contribution in [0.2, 0.25) is 0 Å². The molecule has 0 N–H and O–H groups in total. The molecule has 0 fully saturated rings. The lowest BCUT2D eigenvalue weighted by Gasteiger charge is -1.96. The first-order valence-electron chi connectivity index (χ1n) is 6.05. The van der Waals surface area contributed by atoms with Gasteiger partial charge in [0.25, 0.3) is 5.82 Å². The molecule has 0 aliphatic carbocycles. The average molecular weight is 252 g/mol. The molecular weight excluding hydrogens is 240 g/mol. The molecule has 2 heterocycles. The van der Waals surface area contributed by atoms with Crippen molar-refractivity contribution < 1.29 is 0 Å². The van der Waals surface area contributed by atoms with Gasteiger partial charge in [0.15, 0.2) is 0 Å². The normalized spacial score (nSPS) is 10.7. The number of benzene rings is 1. The van der Waals surface area contributed by atoms with Crippen LogP contribution in [0, 0.1) is 11.3 Å². The van der Waals surface area contributed by atoms with Gasteiger partial charge in [0.1, 0.15) is 12.4 Å². The highest BCUT2D eigenvalue weighted by atomic mass is 15.3. The number of hydrogen-bond acceptors (Lipinski definition) is 4. The third-order valence-electron chi connectivity index (χ3n) is 2.98. The van der Waals surface area contributed by atoms with Gasteiger partial charge in [-0.25, -0.2) is 9.67 Å². The van der Waals surface area contributed by atoms with Crippen molar-refractivity contribution in [1.29, 1.82) is 5.26 Å². The molecule has 0 saturated heterocycles. The summed E-state index contributed by atoms with van der Waals surface area (Å²) in [6.45, 7) is 3.40. The van der Waals surface area contributed by atoms with Crippen LogP contribution < -0.4 is 0 Å². The van der Waals surface area contributed by atoms with Crippen LogP contribution in [0.3, 0.4) is 0 Å². The topological polar surface area (TPSA) is 72.3 Å². The summed E-state index contributed by atoms with van der Waals surface area (Å²) in [5, 5.41) is 18.5. The van der Waals surface area contributed by atoms with Crippen LogP contribution >= 0.6 is 0 Å². The number of hydrogen-bond donors (Lipinski definition) is 0. The van der Waals surface area contributed by atoms with Gasteiger partial charge in [0.2, 0.25) is 0 Å². The van der Waals surface area contributed by atoms with E-state index in [-0.39, 0.29) is 5.82 Å². The Balaban J connectivity index is 2.03. The Morgan fingerprint density at radius 3 is 2.84 bits per heavy atom. The molecule has 0 radical (unpaired) electrons. The highest BCUT2D eigenvalue weighted by molar-refractivity contribution is 5.81. The molecule has 6 nitrogen and oxygen atoms in total. The first-order chi connectivity index (χ1) is 9.31. The van der Waals surface area contributed by atoms with E-state index >= 15 is 0 Å². The fourth-order valence-corrected chi connectivity index (χ4v) is 2.13. The third-order valence-corrected chi connectivity index (χ3v) is 2.98. The second-order valence-corrected chi connectivity index (χ2v) is 4.16. The molecule has 94 valence electrons. The van der Waals surface area contributed by atoms with E-state index in [9.17, 15) is 0 Å². The van der Waals surface area contributed by atoms with Gasteiger partial charge < -0.3 is 0 Å². The van der Waals surface area contributed by atoms with E-state index in [1.54, 1.807) is 11.0 Å². The predicted molar refractivity (Wildman–Crippen MR) is 69.2 cm³/mol. The lowest BCUT2D eigenvalue weighted by molar-refractivity contribution is 0.626. The van der Waals surface area contributed by atoms with E-state index in [0.29, 0.717) is 6.54 Å². The molecule has 0 amide bonds. The highest BCUT2D eigenvalue weighted by Crippen LogP contribution is 2.18. The van der Waals surface area contributed by atoms with Crippen molar-refractivity contribution in [2.24, 2.45) is 0 Å². The zero-order valence-electron chi connectivity index (χ0n) is 10.5. The van der Waals surface area contributed by atoms with Gasteiger partial charge in [-0.3, -0.25) is 4.68 Å². The largest absolute Gasteiger partial charge is 0.265 e. The molecule has 3 aromatic rings. The van der Waals surface area contributed by atoms with E-state index in [4.69, 9.17) is 5.26 Å². The van der Waals surface area contributed by atoms with Crippen molar-refractivity contribution in [3.63, 3.8) is 0 Å². The Morgan fingerprint density at radius 2 is 2.11 bits per heavy atom. The van der Waals surface area contributed by atoms with Gasteiger partial charge in [0.05, 0.1) is 17.8 Å². The summed E-state index contributed by atoms with van der Waals surface area (Å²) in [6, 6.07) is 10.0. The Bertz CT molecular complexity index is 761. The second-order valence-electron chi connectivity index (χ2n) is 4.16. The quantitative estimate of drug-likeness (QED) is 0.709. The minimum Gasteiger partial charge on any atom is -0.265 e. The number of rotatable bonds is 3. The average Bonchev–Trinajstić information content (AvgIpc) is 3.04. The van der Waals surface area contributed by atoms with Crippen molar-refractivity contribution in [2.75, 3.05) is 0 Å². The van der Waals surface area contributed by atoms with Crippen molar-refractivity contribution in [2.45, 2.75) is 20.0 Å². The van der Waals surface area contributed by atoms with Crippen LogP contribution in [0.25, 0.3) is 10.9 Å². The molecule has 0 saturated carbocycles. The van der Waals surface area contributed by atoms with Crippen LogP contribution in [0.1, 0.15) is 18.4 Å². The first-order valence-corrected chi connectivity index (χ1v) is 6.05. The number of aromatic nitrogens is 5. The molecule has 0 aliphatic rings.